The summed E-state index contributed by atoms with van der Waals surface area (Å²) < 4.78 is 6.90. The highest BCUT2D eigenvalue weighted by Crippen LogP contribution is 2.40. The second-order valence-corrected chi connectivity index (χ2v) is 6.04. The summed E-state index contributed by atoms with van der Waals surface area (Å²) in [5.41, 5.74) is 4.22. The lowest BCUT2D eigenvalue weighted by Crippen LogP contribution is -2.53. The van der Waals surface area contributed by atoms with Crippen molar-refractivity contribution in [3.05, 3.63) is 12.7 Å². The zero-order valence-corrected chi connectivity index (χ0v) is 13.2. The van der Waals surface area contributed by atoms with Crippen molar-refractivity contribution in [2.24, 2.45) is 5.92 Å². The van der Waals surface area contributed by atoms with Crippen molar-refractivity contribution in [1.82, 2.24) is 19.5 Å². The van der Waals surface area contributed by atoms with Crippen molar-refractivity contribution < 1.29 is 24.9 Å². The van der Waals surface area contributed by atoms with E-state index in [1.807, 2.05) is 0 Å². The van der Waals surface area contributed by atoms with E-state index in [0.717, 1.165) is 0 Å². The fourth-order valence-electron chi connectivity index (χ4n) is 2.98. The number of aliphatic hydroxyl groups is 3. The van der Waals surface area contributed by atoms with Crippen LogP contribution in [-0.2, 0) is 15.3 Å². The van der Waals surface area contributed by atoms with Crippen molar-refractivity contribution >= 4 is 22.8 Å². The SMILES string of the molecule is CC(C)C(=O)[C@@]1(n2cnc3c(N)ncnc32)O[C@H](CO)[C@@H](O)[C@H]1O. The number of nitrogen functional groups attached to an aromatic ring is 1. The van der Waals surface area contributed by atoms with Gasteiger partial charge in [0, 0.05) is 5.92 Å². The topological polar surface area (TPSA) is 157 Å². The summed E-state index contributed by atoms with van der Waals surface area (Å²) >= 11 is 0. The van der Waals surface area contributed by atoms with Gasteiger partial charge in [-0.1, -0.05) is 13.8 Å². The Morgan fingerprint density at radius 3 is 2.71 bits per heavy atom. The minimum atomic E-state index is -1.96. The smallest absolute Gasteiger partial charge is 0.237 e. The van der Waals surface area contributed by atoms with Crippen LogP contribution >= 0.6 is 0 Å². The van der Waals surface area contributed by atoms with E-state index in [0.29, 0.717) is 0 Å². The van der Waals surface area contributed by atoms with Gasteiger partial charge in [0.2, 0.25) is 5.72 Å². The number of ketones is 1. The molecule has 0 radical (unpaired) electrons. The van der Waals surface area contributed by atoms with E-state index in [4.69, 9.17) is 10.5 Å². The predicted molar refractivity (Wildman–Crippen MR) is 81.5 cm³/mol. The number of carbonyl (C=O) groups is 1. The number of aliphatic hydroxyl groups excluding tert-OH is 3. The zero-order chi connectivity index (χ0) is 17.6. The molecule has 5 N–H and O–H groups in total. The number of Topliss-reactive ketones (excluding diaryl/α,β-unsaturated/α-hetero) is 1. The maximum atomic E-state index is 12.9. The van der Waals surface area contributed by atoms with Crippen LogP contribution in [0.1, 0.15) is 13.8 Å². The molecule has 10 heteroatoms. The molecule has 1 saturated heterocycles. The second-order valence-electron chi connectivity index (χ2n) is 6.04. The molecule has 130 valence electrons. The van der Waals surface area contributed by atoms with Gasteiger partial charge in [-0.2, -0.15) is 0 Å². The quantitative estimate of drug-likeness (QED) is 0.515. The van der Waals surface area contributed by atoms with Gasteiger partial charge >= 0.3 is 0 Å². The first-order valence-electron chi connectivity index (χ1n) is 7.47. The van der Waals surface area contributed by atoms with Crippen molar-refractivity contribution in [1.29, 1.82) is 0 Å². The van der Waals surface area contributed by atoms with E-state index in [9.17, 15) is 20.1 Å². The Hall–Kier alpha value is -2.14. The summed E-state index contributed by atoms with van der Waals surface area (Å²) in [5.74, 6) is -0.903. The summed E-state index contributed by atoms with van der Waals surface area (Å²) in [6, 6.07) is 0. The molecule has 0 bridgehead atoms. The van der Waals surface area contributed by atoms with Crippen LogP contribution < -0.4 is 5.73 Å². The normalized spacial score (nSPS) is 30.3. The largest absolute Gasteiger partial charge is 0.394 e. The van der Waals surface area contributed by atoms with Gasteiger partial charge < -0.3 is 25.8 Å². The molecule has 0 saturated carbocycles. The average Bonchev–Trinajstić information content (AvgIpc) is 3.09. The number of carbonyl (C=O) groups excluding carboxylic acids is 1. The van der Waals surface area contributed by atoms with Crippen LogP contribution in [0.15, 0.2) is 12.7 Å². The average molecular weight is 337 g/mol. The number of imidazole rings is 1. The van der Waals surface area contributed by atoms with E-state index in [2.05, 4.69) is 15.0 Å². The van der Waals surface area contributed by atoms with Crippen molar-refractivity contribution in [3.8, 4) is 0 Å². The molecule has 0 unspecified atom stereocenters. The van der Waals surface area contributed by atoms with Gasteiger partial charge in [0.05, 0.1) is 6.61 Å². The molecule has 0 spiro atoms. The van der Waals surface area contributed by atoms with Gasteiger partial charge in [-0.25, -0.2) is 15.0 Å². The Labute approximate surface area is 136 Å². The summed E-state index contributed by atoms with van der Waals surface area (Å²) in [6.45, 7) is 2.72. The molecule has 1 aliphatic heterocycles. The molecule has 3 rings (SSSR count). The van der Waals surface area contributed by atoms with Gasteiger partial charge in [0.1, 0.15) is 36.5 Å². The fourth-order valence-corrected chi connectivity index (χ4v) is 2.98. The molecular formula is C14H19N5O5. The first kappa shape index (κ1) is 16.7. The van der Waals surface area contributed by atoms with Crippen LogP contribution in [0.25, 0.3) is 11.2 Å². The number of fused-ring (bicyclic) bond motifs is 1. The van der Waals surface area contributed by atoms with Crippen molar-refractivity contribution in [2.45, 2.75) is 37.9 Å². The number of ether oxygens (including phenoxy) is 1. The van der Waals surface area contributed by atoms with Gasteiger partial charge in [-0.3, -0.25) is 9.36 Å². The first-order valence-corrected chi connectivity index (χ1v) is 7.47. The highest BCUT2D eigenvalue weighted by atomic mass is 16.6. The minimum absolute atomic E-state index is 0.109. The third-order valence-electron chi connectivity index (χ3n) is 4.21. The van der Waals surface area contributed by atoms with Crippen LogP contribution in [0.4, 0.5) is 5.82 Å². The summed E-state index contributed by atoms with van der Waals surface area (Å²) in [4.78, 5) is 24.9. The van der Waals surface area contributed by atoms with Crippen molar-refractivity contribution in [3.63, 3.8) is 0 Å². The number of nitrogens with zero attached hydrogens (tertiary/aromatic N) is 4. The summed E-state index contributed by atoms with van der Waals surface area (Å²) in [7, 11) is 0. The standard InChI is InChI=1S/C14H19N5O5/c1-6(2)10(22)14(11(23)9(21)7(3-20)24-14)19-5-18-8-12(15)16-4-17-13(8)19/h4-7,9,11,20-21,23H,3H2,1-2H3,(H2,15,16,17)/t7-,9-,11-,14-/m1/s1. The molecular weight excluding hydrogens is 318 g/mol. The highest BCUT2D eigenvalue weighted by molar-refractivity contribution is 5.90. The van der Waals surface area contributed by atoms with E-state index in [-0.39, 0.29) is 17.0 Å². The Morgan fingerprint density at radius 1 is 1.42 bits per heavy atom. The molecule has 3 heterocycles. The highest BCUT2D eigenvalue weighted by Gasteiger charge is 2.60. The molecule has 0 aromatic carbocycles. The molecule has 1 fully saturated rings. The van der Waals surface area contributed by atoms with Crippen LogP contribution in [-0.4, -0.2) is 65.5 Å². The molecule has 1 aliphatic rings. The molecule has 0 amide bonds. The third-order valence-corrected chi connectivity index (χ3v) is 4.21. The lowest BCUT2D eigenvalue weighted by atomic mass is 9.91. The molecule has 2 aromatic heterocycles. The molecule has 10 nitrogen and oxygen atoms in total. The fraction of sp³-hybridized carbons (Fsp3) is 0.571. The van der Waals surface area contributed by atoms with Gasteiger partial charge in [0.25, 0.3) is 0 Å². The first-order chi connectivity index (χ1) is 11.3. The van der Waals surface area contributed by atoms with E-state index in [1.54, 1.807) is 13.8 Å². The Kier molecular flexibility index (Phi) is 4.00. The predicted octanol–water partition coefficient (Wildman–Crippen LogP) is -1.60. The van der Waals surface area contributed by atoms with E-state index >= 15 is 0 Å². The van der Waals surface area contributed by atoms with Crippen molar-refractivity contribution in [2.75, 3.05) is 12.3 Å². The van der Waals surface area contributed by atoms with Crippen LogP contribution in [0.2, 0.25) is 0 Å². The second kappa shape index (κ2) is 5.74. The maximum Gasteiger partial charge on any atom is 0.237 e. The van der Waals surface area contributed by atoms with Crippen LogP contribution in [0.5, 0.6) is 0 Å². The summed E-state index contributed by atoms with van der Waals surface area (Å²) in [5, 5.41) is 30.2. The summed E-state index contributed by atoms with van der Waals surface area (Å²) in [6.07, 6.45) is -1.73. The molecule has 0 aliphatic carbocycles. The lowest BCUT2D eigenvalue weighted by molar-refractivity contribution is -0.177. The lowest BCUT2D eigenvalue weighted by Gasteiger charge is -2.33. The number of aromatic nitrogens is 4. The van der Waals surface area contributed by atoms with E-state index in [1.165, 1.54) is 17.2 Å². The monoisotopic (exact) mass is 337 g/mol. The van der Waals surface area contributed by atoms with Crippen LogP contribution in [0.3, 0.4) is 0 Å². The number of nitrogens with two attached hydrogens (primary N) is 1. The van der Waals surface area contributed by atoms with Gasteiger partial charge in [-0.15, -0.1) is 0 Å². The number of rotatable bonds is 4. The van der Waals surface area contributed by atoms with Gasteiger partial charge in [-0.05, 0) is 0 Å². The van der Waals surface area contributed by atoms with Crippen LogP contribution in [0, 0.1) is 5.92 Å². The molecule has 2 aromatic rings. The Bertz CT molecular complexity index is 778. The zero-order valence-electron chi connectivity index (χ0n) is 13.2. The Morgan fingerprint density at radius 2 is 2.12 bits per heavy atom. The number of hydrogen-bond acceptors (Lipinski definition) is 9. The maximum absolute atomic E-state index is 12.9. The minimum Gasteiger partial charge on any atom is -0.394 e. The third kappa shape index (κ3) is 2.11. The van der Waals surface area contributed by atoms with Gasteiger partial charge in [0.15, 0.2) is 17.2 Å². The van der Waals surface area contributed by atoms with E-state index < -0.39 is 42.3 Å². The number of anilines is 1. The molecule has 24 heavy (non-hydrogen) atoms. The number of hydrogen-bond donors (Lipinski definition) is 4. The molecule has 4 atom stereocenters. The Balaban J connectivity index is 2.26.